The number of carbonyl (C=O) groups is 1. The van der Waals surface area contributed by atoms with Crippen molar-refractivity contribution in [2.75, 3.05) is 24.5 Å². The summed E-state index contributed by atoms with van der Waals surface area (Å²) in [4.78, 5) is 14.1. The fourth-order valence-corrected chi connectivity index (χ4v) is 2.54. The molecule has 116 valence electrons. The number of nitrogens with one attached hydrogen (secondary N) is 1. The van der Waals surface area contributed by atoms with Crippen LogP contribution in [0.15, 0.2) is 54.6 Å². The summed E-state index contributed by atoms with van der Waals surface area (Å²) >= 11 is 5.96. The molecule has 3 nitrogen and oxygen atoms in total. The Kier molecular flexibility index (Phi) is 6.44. The van der Waals surface area contributed by atoms with E-state index in [-0.39, 0.29) is 5.91 Å². The molecule has 0 atom stereocenters. The van der Waals surface area contributed by atoms with Crippen molar-refractivity contribution in [3.63, 3.8) is 0 Å². The van der Waals surface area contributed by atoms with E-state index in [1.807, 2.05) is 61.5 Å². The number of amides is 1. The van der Waals surface area contributed by atoms with E-state index in [2.05, 4.69) is 5.32 Å². The first-order chi connectivity index (χ1) is 10.7. The second-order valence-corrected chi connectivity index (χ2v) is 5.47. The Hall–Kier alpha value is -1.84. The third kappa shape index (κ3) is 4.86. The normalized spacial score (nSPS) is 10.5. The minimum Gasteiger partial charge on any atom is -0.312 e. The maximum Gasteiger partial charge on any atom is 0.240 e. The van der Waals surface area contributed by atoms with Gasteiger partial charge in [0.25, 0.3) is 0 Å². The fraction of sp³-hybridized carbons (Fsp3) is 0.278. The highest BCUT2D eigenvalue weighted by atomic mass is 35.5. The van der Waals surface area contributed by atoms with Crippen LogP contribution in [0, 0.1) is 0 Å². The highest BCUT2D eigenvalue weighted by molar-refractivity contribution is 6.30. The molecule has 2 aromatic rings. The Labute approximate surface area is 136 Å². The zero-order valence-corrected chi connectivity index (χ0v) is 13.5. The van der Waals surface area contributed by atoms with Crippen molar-refractivity contribution in [1.82, 2.24) is 5.32 Å². The van der Waals surface area contributed by atoms with Gasteiger partial charge in [-0.15, -0.1) is 0 Å². The number of benzene rings is 2. The van der Waals surface area contributed by atoms with E-state index >= 15 is 0 Å². The number of anilines is 1. The van der Waals surface area contributed by atoms with Crippen LogP contribution in [-0.4, -0.2) is 25.5 Å². The van der Waals surface area contributed by atoms with E-state index in [9.17, 15) is 4.79 Å². The number of para-hydroxylation sites is 1. The number of hydrogen-bond donors (Lipinski definition) is 1. The molecule has 0 radical (unpaired) electrons. The number of hydrogen-bond acceptors (Lipinski definition) is 2. The van der Waals surface area contributed by atoms with Crippen LogP contribution in [0.4, 0.5) is 5.69 Å². The average Bonchev–Trinajstić information content (AvgIpc) is 2.53. The van der Waals surface area contributed by atoms with Crippen LogP contribution in [0.2, 0.25) is 5.02 Å². The Morgan fingerprint density at radius 3 is 2.59 bits per heavy atom. The standard InChI is InChI=1S/C18H21ClN2O/c1-2-21(17-9-4-3-5-10-17)18(22)14-20-12-11-15-7-6-8-16(19)13-15/h3-10,13,20H,2,11-12,14H2,1H3. The first-order valence-corrected chi connectivity index (χ1v) is 7.89. The van der Waals surface area contributed by atoms with Crippen LogP contribution in [0.5, 0.6) is 0 Å². The molecule has 1 amide bonds. The smallest absolute Gasteiger partial charge is 0.240 e. The molecule has 1 N–H and O–H groups in total. The van der Waals surface area contributed by atoms with Gasteiger partial charge in [-0.25, -0.2) is 0 Å². The monoisotopic (exact) mass is 316 g/mol. The maximum atomic E-state index is 12.3. The second-order valence-electron chi connectivity index (χ2n) is 5.03. The van der Waals surface area contributed by atoms with Gasteiger partial charge in [0, 0.05) is 17.3 Å². The first kappa shape index (κ1) is 16.5. The van der Waals surface area contributed by atoms with Crippen molar-refractivity contribution in [1.29, 1.82) is 0 Å². The lowest BCUT2D eigenvalue weighted by atomic mass is 10.1. The first-order valence-electron chi connectivity index (χ1n) is 7.51. The molecular weight excluding hydrogens is 296 g/mol. The number of carbonyl (C=O) groups excluding carboxylic acids is 1. The van der Waals surface area contributed by atoms with Crippen molar-refractivity contribution in [3.05, 3.63) is 65.2 Å². The zero-order valence-electron chi connectivity index (χ0n) is 12.8. The van der Waals surface area contributed by atoms with Gasteiger partial charge in [0.2, 0.25) is 5.91 Å². The molecule has 0 saturated carbocycles. The summed E-state index contributed by atoms with van der Waals surface area (Å²) in [5, 5.41) is 3.95. The molecule has 0 fully saturated rings. The number of rotatable bonds is 7. The summed E-state index contributed by atoms with van der Waals surface area (Å²) in [6.07, 6.45) is 0.852. The number of likely N-dealkylation sites (N-methyl/N-ethyl adjacent to an activating group) is 1. The lowest BCUT2D eigenvalue weighted by Crippen LogP contribution is -2.38. The minimum atomic E-state index is 0.0831. The largest absolute Gasteiger partial charge is 0.312 e. The summed E-state index contributed by atoms with van der Waals surface area (Å²) in [6.45, 7) is 3.73. The van der Waals surface area contributed by atoms with Crippen LogP contribution >= 0.6 is 11.6 Å². The molecule has 22 heavy (non-hydrogen) atoms. The molecule has 0 bridgehead atoms. The Morgan fingerprint density at radius 2 is 1.91 bits per heavy atom. The third-order valence-corrected chi connectivity index (χ3v) is 3.68. The van der Waals surface area contributed by atoms with Crippen molar-refractivity contribution >= 4 is 23.2 Å². The number of halogens is 1. The molecule has 0 aliphatic heterocycles. The third-order valence-electron chi connectivity index (χ3n) is 3.44. The molecule has 2 rings (SSSR count). The number of nitrogens with zero attached hydrogens (tertiary/aromatic N) is 1. The van der Waals surface area contributed by atoms with Gasteiger partial charge in [-0.1, -0.05) is 41.9 Å². The van der Waals surface area contributed by atoms with Gasteiger partial charge >= 0.3 is 0 Å². The molecule has 0 aliphatic rings. The van der Waals surface area contributed by atoms with Crippen molar-refractivity contribution < 1.29 is 4.79 Å². The van der Waals surface area contributed by atoms with Crippen LogP contribution in [0.25, 0.3) is 0 Å². The predicted molar refractivity (Wildman–Crippen MR) is 92.5 cm³/mol. The molecule has 0 aromatic heterocycles. The Balaban J connectivity index is 1.79. The molecular formula is C18H21ClN2O. The van der Waals surface area contributed by atoms with Crippen LogP contribution in [0.1, 0.15) is 12.5 Å². The van der Waals surface area contributed by atoms with E-state index in [1.165, 1.54) is 5.56 Å². The van der Waals surface area contributed by atoms with Gasteiger partial charge < -0.3 is 10.2 Å². The second kappa shape index (κ2) is 8.57. The lowest BCUT2D eigenvalue weighted by Gasteiger charge is -2.21. The molecule has 2 aromatic carbocycles. The highest BCUT2D eigenvalue weighted by Gasteiger charge is 2.12. The average molecular weight is 317 g/mol. The van der Waals surface area contributed by atoms with Crippen molar-refractivity contribution in [2.24, 2.45) is 0 Å². The summed E-state index contributed by atoms with van der Waals surface area (Å²) < 4.78 is 0. The quantitative estimate of drug-likeness (QED) is 0.793. The van der Waals surface area contributed by atoms with Crippen molar-refractivity contribution in [2.45, 2.75) is 13.3 Å². The minimum absolute atomic E-state index is 0.0831. The topological polar surface area (TPSA) is 32.3 Å². The van der Waals surface area contributed by atoms with Gasteiger partial charge in [0.15, 0.2) is 0 Å². The molecule has 0 spiro atoms. The van der Waals surface area contributed by atoms with E-state index < -0.39 is 0 Å². The van der Waals surface area contributed by atoms with E-state index in [0.717, 1.165) is 23.7 Å². The van der Waals surface area contributed by atoms with E-state index in [0.29, 0.717) is 13.1 Å². The van der Waals surface area contributed by atoms with Gasteiger partial charge in [0.1, 0.15) is 0 Å². The summed E-state index contributed by atoms with van der Waals surface area (Å²) in [6, 6.07) is 17.5. The fourth-order valence-electron chi connectivity index (χ4n) is 2.33. The molecule has 0 saturated heterocycles. The highest BCUT2D eigenvalue weighted by Crippen LogP contribution is 2.13. The van der Waals surface area contributed by atoms with Crippen LogP contribution in [-0.2, 0) is 11.2 Å². The Bertz CT molecular complexity index is 601. The van der Waals surface area contributed by atoms with Gasteiger partial charge in [0.05, 0.1) is 6.54 Å². The van der Waals surface area contributed by atoms with Crippen LogP contribution in [0.3, 0.4) is 0 Å². The summed E-state index contributed by atoms with van der Waals surface area (Å²) in [5.74, 6) is 0.0831. The van der Waals surface area contributed by atoms with Crippen LogP contribution < -0.4 is 10.2 Å². The Morgan fingerprint density at radius 1 is 1.14 bits per heavy atom. The van der Waals surface area contributed by atoms with E-state index in [4.69, 9.17) is 11.6 Å². The predicted octanol–water partition coefficient (Wildman–Crippen LogP) is 3.53. The van der Waals surface area contributed by atoms with Gasteiger partial charge in [-0.2, -0.15) is 0 Å². The van der Waals surface area contributed by atoms with Crippen molar-refractivity contribution in [3.8, 4) is 0 Å². The molecule has 4 heteroatoms. The SMILES string of the molecule is CCN(C(=O)CNCCc1cccc(Cl)c1)c1ccccc1. The summed E-state index contributed by atoms with van der Waals surface area (Å²) in [7, 11) is 0. The maximum absolute atomic E-state index is 12.3. The lowest BCUT2D eigenvalue weighted by molar-refractivity contribution is -0.117. The summed E-state index contributed by atoms with van der Waals surface area (Å²) in [5.41, 5.74) is 2.11. The molecule has 0 aliphatic carbocycles. The van der Waals surface area contributed by atoms with Gasteiger partial charge in [-0.05, 0) is 49.7 Å². The zero-order chi connectivity index (χ0) is 15.8. The van der Waals surface area contributed by atoms with E-state index in [1.54, 1.807) is 4.90 Å². The van der Waals surface area contributed by atoms with Gasteiger partial charge in [-0.3, -0.25) is 4.79 Å². The molecule has 0 heterocycles. The molecule has 0 unspecified atom stereocenters.